The van der Waals surface area contributed by atoms with E-state index in [9.17, 15) is 4.79 Å². The highest BCUT2D eigenvalue weighted by atomic mass is 16.1. The second-order valence-corrected chi connectivity index (χ2v) is 5.95. The van der Waals surface area contributed by atoms with Crippen LogP contribution in [0, 0.1) is 13.8 Å². The molecule has 2 N–H and O–H groups in total. The van der Waals surface area contributed by atoms with E-state index in [4.69, 9.17) is 0 Å². The Labute approximate surface area is 147 Å². The van der Waals surface area contributed by atoms with Crippen molar-refractivity contribution in [3.05, 3.63) is 83.3 Å². The number of aryl methyl sites for hydroxylation is 2. The summed E-state index contributed by atoms with van der Waals surface area (Å²) in [6.45, 7) is 4.69. The van der Waals surface area contributed by atoms with E-state index in [1.54, 1.807) is 6.20 Å². The zero-order chi connectivity index (χ0) is 17.6. The molecule has 2 aromatic carbocycles. The van der Waals surface area contributed by atoms with Crippen LogP contribution in [0.5, 0.6) is 0 Å². The zero-order valence-electron chi connectivity index (χ0n) is 14.3. The maximum Gasteiger partial charge on any atom is 0.275 e. The van der Waals surface area contributed by atoms with Crippen molar-refractivity contribution in [3.8, 4) is 0 Å². The lowest BCUT2D eigenvalue weighted by Gasteiger charge is -2.08. The predicted molar refractivity (Wildman–Crippen MR) is 99.7 cm³/mol. The molecule has 0 radical (unpaired) electrons. The molecule has 1 amide bonds. The second kappa shape index (κ2) is 7.57. The number of benzene rings is 2. The quantitative estimate of drug-likeness (QED) is 0.742. The van der Waals surface area contributed by atoms with Gasteiger partial charge in [-0.15, -0.1) is 0 Å². The lowest BCUT2D eigenvalue weighted by atomic mass is 10.1. The highest BCUT2D eigenvalue weighted by Crippen LogP contribution is 2.12. The maximum absolute atomic E-state index is 12.2. The number of anilines is 2. The van der Waals surface area contributed by atoms with Gasteiger partial charge in [0.05, 0.1) is 12.4 Å². The average molecular weight is 332 g/mol. The largest absolute Gasteiger partial charge is 0.365 e. The van der Waals surface area contributed by atoms with Crippen molar-refractivity contribution in [1.82, 2.24) is 9.97 Å². The number of amides is 1. The monoisotopic (exact) mass is 332 g/mol. The average Bonchev–Trinajstić information content (AvgIpc) is 2.60. The number of nitrogens with one attached hydrogen (secondary N) is 2. The highest BCUT2D eigenvalue weighted by molar-refractivity contribution is 6.02. The lowest BCUT2D eigenvalue weighted by molar-refractivity contribution is 0.102. The van der Waals surface area contributed by atoms with Crippen molar-refractivity contribution < 1.29 is 4.79 Å². The molecule has 0 bridgehead atoms. The highest BCUT2D eigenvalue weighted by Gasteiger charge is 2.08. The van der Waals surface area contributed by atoms with Gasteiger partial charge in [-0.3, -0.25) is 4.79 Å². The molecule has 126 valence electrons. The molecule has 0 aliphatic carbocycles. The minimum atomic E-state index is -0.275. The minimum Gasteiger partial charge on any atom is -0.365 e. The summed E-state index contributed by atoms with van der Waals surface area (Å²) in [5, 5.41) is 6.03. The molecule has 0 unspecified atom stereocenters. The minimum absolute atomic E-state index is 0.275. The number of carbonyl (C=O) groups is 1. The van der Waals surface area contributed by atoms with Gasteiger partial charge < -0.3 is 10.6 Å². The molecule has 0 saturated heterocycles. The smallest absolute Gasteiger partial charge is 0.275 e. The van der Waals surface area contributed by atoms with Crippen LogP contribution in [0.3, 0.4) is 0 Å². The van der Waals surface area contributed by atoms with Gasteiger partial charge in [0.1, 0.15) is 11.5 Å². The Morgan fingerprint density at radius 1 is 0.960 bits per heavy atom. The van der Waals surface area contributed by atoms with E-state index < -0.39 is 0 Å². The summed E-state index contributed by atoms with van der Waals surface area (Å²) in [7, 11) is 0. The molecule has 0 aliphatic rings. The number of rotatable bonds is 5. The Balaban J connectivity index is 1.60. The van der Waals surface area contributed by atoms with Crippen LogP contribution in [0.15, 0.2) is 60.9 Å². The van der Waals surface area contributed by atoms with Crippen molar-refractivity contribution in [2.24, 2.45) is 0 Å². The summed E-state index contributed by atoms with van der Waals surface area (Å²) < 4.78 is 0. The van der Waals surface area contributed by atoms with Crippen LogP contribution in [0.1, 0.15) is 27.2 Å². The van der Waals surface area contributed by atoms with Crippen LogP contribution in [0.4, 0.5) is 11.5 Å². The Kier molecular flexibility index (Phi) is 5.04. The molecular formula is C20H20N4O. The molecule has 5 heteroatoms. The normalized spacial score (nSPS) is 10.3. The van der Waals surface area contributed by atoms with Crippen molar-refractivity contribution in [3.63, 3.8) is 0 Å². The fourth-order valence-corrected chi connectivity index (χ4v) is 2.47. The third-order valence-corrected chi connectivity index (χ3v) is 3.72. The molecule has 5 nitrogen and oxygen atoms in total. The molecule has 1 heterocycles. The van der Waals surface area contributed by atoms with E-state index in [-0.39, 0.29) is 11.6 Å². The molecule has 1 aromatic heterocycles. The van der Waals surface area contributed by atoms with E-state index in [1.165, 1.54) is 17.3 Å². The standard InChI is InChI=1S/C20H20N4O/c1-14-5-3-7-16(9-14)11-22-19-13-21-18(12-23-19)20(25)24-17-8-4-6-15(2)10-17/h3-10,12-13H,11H2,1-2H3,(H,22,23)(H,24,25). The predicted octanol–water partition coefficient (Wildman–Crippen LogP) is 3.96. The van der Waals surface area contributed by atoms with Crippen molar-refractivity contribution in [1.29, 1.82) is 0 Å². The van der Waals surface area contributed by atoms with Crippen LogP contribution < -0.4 is 10.6 Å². The summed E-state index contributed by atoms with van der Waals surface area (Å²) in [6.07, 6.45) is 3.05. The van der Waals surface area contributed by atoms with Crippen LogP contribution in [-0.4, -0.2) is 15.9 Å². The Bertz CT molecular complexity index is 875. The number of aromatic nitrogens is 2. The van der Waals surface area contributed by atoms with Gasteiger partial charge in [0.25, 0.3) is 5.91 Å². The summed E-state index contributed by atoms with van der Waals surface area (Å²) in [6, 6.07) is 15.9. The van der Waals surface area contributed by atoms with Crippen LogP contribution >= 0.6 is 0 Å². The molecular weight excluding hydrogens is 312 g/mol. The molecule has 0 saturated carbocycles. The Morgan fingerprint density at radius 2 is 1.72 bits per heavy atom. The van der Waals surface area contributed by atoms with Crippen LogP contribution in [-0.2, 0) is 6.54 Å². The van der Waals surface area contributed by atoms with E-state index in [0.717, 1.165) is 11.3 Å². The Morgan fingerprint density at radius 3 is 2.40 bits per heavy atom. The third-order valence-electron chi connectivity index (χ3n) is 3.72. The van der Waals surface area contributed by atoms with Crippen LogP contribution in [0.25, 0.3) is 0 Å². The molecule has 0 spiro atoms. The SMILES string of the molecule is Cc1cccc(CNc2cnc(C(=O)Nc3cccc(C)c3)cn2)c1. The van der Waals surface area contributed by atoms with Gasteiger partial charge in [-0.2, -0.15) is 0 Å². The third kappa shape index (κ3) is 4.64. The number of hydrogen-bond acceptors (Lipinski definition) is 4. The molecule has 0 fully saturated rings. The number of hydrogen-bond donors (Lipinski definition) is 2. The van der Waals surface area contributed by atoms with Gasteiger partial charge in [-0.05, 0) is 37.1 Å². The van der Waals surface area contributed by atoms with E-state index in [0.29, 0.717) is 12.4 Å². The summed E-state index contributed by atoms with van der Waals surface area (Å²) >= 11 is 0. The van der Waals surface area contributed by atoms with E-state index in [2.05, 4.69) is 45.7 Å². The first kappa shape index (κ1) is 16.6. The molecule has 3 rings (SSSR count). The van der Waals surface area contributed by atoms with Crippen molar-refractivity contribution >= 4 is 17.4 Å². The van der Waals surface area contributed by atoms with E-state index >= 15 is 0 Å². The first-order valence-corrected chi connectivity index (χ1v) is 8.09. The van der Waals surface area contributed by atoms with Gasteiger partial charge in [0.15, 0.2) is 0 Å². The first-order valence-electron chi connectivity index (χ1n) is 8.09. The maximum atomic E-state index is 12.2. The first-order chi connectivity index (χ1) is 12.1. The molecule has 0 aliphatic heterocycles. The number of nitrogens with zero attached hydrogens (tertiary/aromatic N) is 2. The van der Waals surface area contributed by atoms with Crippen molar-refractivity contribution in [2.75, 3.05) is 10.6 Å². The van der Waals surface area contributed by atoms with Gasteiger partial charge in [0.2, 0.25) is 0 Å². The fraction of sp³-hybridized carbons (Fsp3) is 0.150. The summed E-state index contributed by atoms with van der Waals surface area (Å²) in [5.74, 6) is 0.358. The van der Waals surface area contributed by atoms with Crippen molar-refractivity contribution in [2.45, 2.75) is 20.4 Å². The van der Waals surface area contributed by atoms with Gasteiger partial charge >= 0.3 is 0 Å². The van der Waals surface area contributed by atoms with Crippen LogP contribution in [0.2, 0.25) is 0 Å². The van der Waals surface area contributed by atoms with Gasteiger partial charge in [0, 0.05) is 12.2 Å². The number of carbonyl (C=O) groups excluding carboxylic acids is 1. The molecule has 3 aromatic rings. The summed E-state index contributed by atoms with van der Waals surface area (Å²) in [5.41, 5.74) is 4.49. The summed E-state index contributed by atoms with van der Waals surface area (Å²) in [4.78, 5) is 20.7. The Hall–Kier alpha value is -3.21. The molecule has 25 heavy (non-hydrogen) atoms. The second-order valence-electron chi connectivity index (χ2n) is 5.95. The van der Waals surface area contributed by atoms with E-state index in [1.807, 2.05) is 37.3 Å². The van der Waals surface area contributed by atoms with Gasteiger partial charge in [-0.25, -0.2) is 9.97 Å². The topological polar surface area (TPSA) is 66.9 Å². The zero-order valence-corrected chi connectivity index (χ0v) is 14.3. The molecule has 0 atom stereocenters. The fourth-order valence-electron chi connectivity index (χ4n) is 2.47. The van der Waals surface area contributed by atoms with Gasteiger partial charge in [-0.1, -0.05) is 42.0 Å². The lowest BCUT2D eigenvalue weighted by Crippen LogP contribution is -2.14.